The van der Waals surface area contributed by atoms with Gasteiger partial charge in [-0.1, -0.05) is 41.1 Å². The number of hydrogen-bond donors (Lipinski definition) is 2. The predicted octanol–water partition coefficient (Wildman–Crippen LogP) is 4.10. The second-order valence-corrected chi connectivity index (χ2v) is 9.33. The minimum atomic E-state index is -0.828. The molecule has 2 N–H and O–H groups in total. The van der Waals surface area contributed by atoms with E-state index in [0.29, 0.717) is 11.4 Å². The first-order chi connectivity index (χ1) is 18.7. The predicted molar refractivity (Wildman–Crippen MR) is 144 cm³/mol. The van der Waals surface area contributed by atoms with Gasteiger partial charge in [0.25, 0.3) is 17.7 Å². The molecule has 0 spiro atoms. The van der Waals surface area contributed by atoms with Crippen molar-refractivity contribution < 1.29 is 33.4 Å². The van der Waals surface area contributed by atoms with E-state index in [1.807, 2.05) is 0 Å². The Morgan fingerprint density at radius 3 is 2.51 bits per heavy atom. The highest BCUT2D eigenvalue weighted by Crippen LogP contribution is 2.32. The molecule has 1 aromatic heterocycles. The molecule has 0 unspecified atom stereocenters. The molecule has 1 aliphatic heterocycles. The van der Waals surface area contributed by atoms with Crippen LogP contribution in [0.1, 0.15) is 43.0 Å². The molecule has 39 heavy (non-hydrogen) atoms. The zero-order chi connectivity index (χ0) is 28.3. The van der Waals surface area contributed by atoms with E-state index in [9.17, 15) is 24.0 Å². The highest BCUT2D eigenvalue weighted by Gasteiger charge is 2.40. The Kier molecular flexibility index (Phi) is 8.07. The lowest BCUT2D eigenvalue weighted by molar-refractivity contribution is -0.120. The maximum absolute atomic E-state index is 13.2. The van der Waals surface area contributed by atoms with Gasteiger partial charge in [0.15, 0.2) is 5.13 Å². The Labute approximate surface area is 231 Å². The Morgan fingerprint density at radius 1 is 1.05 bits per heavy atom. The van der Waals surface area contributed by atoms with E-state index in [1.165, 1.54) is 31.4 Å². The lowest BCUT2D eigenvalue weighted by atomic mass is 10.1. The van der Waals surface area contributed by atoms with Crippen molar-refractivity contribution in [1.82, 2.24) is 4.98 Å². The topological polar surface area (TPSA) is 144 Å². The van der Waals surface area contributed by atoms with Crippen molar-refractivity contribution in [2.24, 2.45) is 0 Å². The number of amides is 3. The Bertz CT molecular complexity index is 1550. The van der Waals surface area contributed by atoms with E-state index in [1.54, 1.807) is 38.1 Å². The van der Waals surface area contributed by atoms with Gasteiger partial charge in [-0.3, -0.25) is 19.7 Å². The number of methoxy groups -OCH3 is 1. The standard InChI is InChI=1S/C26H21ClN4O7S/c1-4-38-25(36)20-13(2)28-26(39-20)30-21(32)14-8-7-9-15(12-14)29-19-18(27)22(33)31(23(19)34)17-11-6-5-10-16(17)24(35)37-3/h5-12,29H,4H2,1-3H3,(H,28,30,32). The summed E-state index contributed by atoms with van der Waals surface area (Å²) in [6.45, 7) is 3.53. The van der Waals surface area contributed by atoms with Crippen molar-refractivity contribution >= 4 is 69.1 Å². The number of thiazole rings is 1. The summed E-state index contributed by atoms with van der Waals surface area (Å²) in [7, 11) is 1.18. The fraction of sp³-hybridized carbons (Fsp3) is 0.154. The highest BCUT2D eigenvalue weighted by atomic mass is 35.5. The number of imide groups is 1. The number of carbonyl (C=O) groups is 5. The van der Waals surface area contributed by atoms with Crippen LogP contribution in [0, 0.1) is 6.92 Å². The Balaban J connectivity index is 1.53. The minimum Gasteiger partial charge on any atom is -0.465 e. The summed E-state index contributed by atoms with van der Waals surface area (Å²) in [6.07, 6.45) is 0. The summed E-state index contributed by atoms with van der Waals surface area (Å²) in [5, 5.41) is 5.25. The maximum Gasteiger partial charge on any atom is 0.350 e. The van der Waals surface area contributed by atoms with Gasteiger partial charge in [0.05, 0.1) is 30.7 Å². The molecule has 2 aromatic carbocycles. The molecular formula is C26H21ClN4O7S. The number of benzene rings is 2. The molecule has 1 aliphatic rings. The molecule has 0 fully saturated rings. The Hall–Kier alpha value is -4.55. The quantitative estimate of drug-likeness (QED) is 0.303. The van der Waals surface area contributed by atoms with Gasteiger partial charge in [-0.2, -0.15) is 0 Å². The average Bonchev–Trinajstić information content (AvgIpc) is 3.39. The summed E-state index contributed by atoms with van der Waals surface area (Å²) in [5.41, 5.74) is 0.717. The van der Waals surface area contributed by atoms with Crippen LogP contribution in [0.25, 0.3) is 0 Å². The van der Waals surface area contributed by atoms with E-state index < -0.39 is 29.7 Å². The first kappa shape index (κ1) is 27.5. The molecule has 2 heterocycles. The number of rotatable bonds is 8. The molecule has 3 aromatic rings. The van der Waals surface area contributed by atoms with Crippen LogP contribution >= 0.6 is 22.9 Å². The van der Waals surface area contributed by atoms with Gasteiger partial charge in [0, 0.05) is 11.3 Å². The third-order valence-electron chi connectivity index (χ3n) is 5.45. The van der Waals surface area contributed by atoms with Gasteiger partial charge in [-0.05, 0) is 44.2 Å². The summed E-state index contributed by atoms with van der Waals surface area (Å²) >= 11 is 7.21. The summed E-state index contributed by atoms with van der Waals surface area (Å²) < 4.78 is 9.74. The molecule has 0 saturated carbocycles. The van der Waals surface area contributed by atoms with Gasteiger partial charge in [-0.25, -0.2) is 19.5 Å². The number of halogens is 1. The molecule has 3 amide bonds. The number of nitrogens with zero attached hydrogens (tertiary/aromatic N) is 2. The maximum atomic E-state index is 13.2. The van der Waals surface area contributed by atoms with Crippen molar-refractivity contribution in [1.29, 1.82) is 0 Å². The first-order valence-corrected chi connectivity index (χ1v) is 12.6. The van der Waals surface area contributed by atoms with E-state index in [0.717, 1.165) is 16.2 Å². The van der Waals surface area contributed by atoms with Crippen LogP contribution in [0.5, 0.6) is 0 Å². The number of hydrogen-bond acceptors (Lipinski definition) is 10. The normalized spacial score (nSPS) is 13.0. The zero-order valence-corrected chi connectivity index (χ0v) is 22.4. The van der Waals surface area contributed by atoms with Gasteiger partial charge >= 0.3 is 11.9 Å². The van der Waals surface area contributed by atoms with E-state index >= 15 is 0 Å². The van der Waals surface area contributed by atoms with E-state index in [4.69, 9.17) is 21.1 Å². The van der Waals surface area contributed by atoms with Crippen molar-refractivity contribution in [3.05, 3.63) is 81.0 Å². The van der Waals surface area contributed by atoms with Crippen LogP contribution in [0.15, 0.2) is 59.3 Å². The number of anilines is 3. The van der Waals surface area contributed by atoms with Crippen LogP contribution < -0.4 is 15.5 Å². The summed E-state index contributed by atoms with van der Waals surface area (Å²) in [5.74, 6) is -3.40. The fourth-order valence-corrected chi connectivity index (χ4v) is 4.74. The van der Waals surface area contributed by atoms with Gasteiger partial charge in [0.1, 0.15) is 15.6 Å². The molecule has 11 nitrogen and oxygen atoms in total. The zero-order valence-electron chi connectivity index (χ0n) is 20.9. The minimum absolute atomic E-state index is 0.00891. The lowest BCUT2D eigenvalue weighted by Crippen LogP contribution is -2.33. The molecule has 0 radical (unpaired) electrons. The summed E-state index contributed by atoms with van der Waals surface area (Å²) in [6, 6.07) is 12.1. The van der Waals surface area contributed by atoms with Crippen LogP contribution in [-0.4, -0.2) is 48.4 Å². The number of aromatic nitrogens is 1. The molecule has 4 rings (SSSR count). The molecule has 0 bridgehead atoms. The SMILES string of the molecule is CCOC(=O)c1sc(NC(=O)c2cccc(NC3=C(Cl)C(=O)N(c4ccccc4C(=O)OC)C3=O)c2)nc1C. The van der Waals surface area contributed by atoms with Gasteiger partial charge in [-0.15, -0.1) is 0 Å². The molecular weight excluding hydrogens is 548 g/mol. The van der Waals surface area contributed by atoms with Crippen LogP contribution in [0.4, 0.5) is 16.5 Å². The van der Waals surface area contributed by atoms with Gasteiger partial charge in [0.2, 0.25) is 0 Å². The fourth-order valence-electron chi connectivity index (χ4n) is 3.67. The number of para-hydroxylation sites is 1. The van der Waals surface area contributed by atoms with E-state index in [-0.39, 0.29) is 44.2 Å². The van der Waals surface area contributed by atoms with Crippen LogP contribution in [0.2, 0.25) is 0 Å². The number of carbonyl (C=O) groups excluding carboxylic acids is 5. The number of nitrogens with one attached hydrogen (secondary N) is 2. The third kappa shape index (κ3) is 5.52. The van der Waals surface area contributed by atoms with Crippen molar-refractivity contribution in [2.75, 3.05) is 29.3 Å². The number of ether oxygens (including phenoxy) is 2. The smallest absolute Gasteiger partial charge is 0.350 e. The number of aryl methyl sites for hydroxylation is 1. The van der Waals surface area contributed by atoms with Crippen molar-refractivity contribution in [2.45, 2.75) is 13.8 Å². The van der Waals surface area contributed by atoms with Crippen LogP contribution in [-0.2, 0) is 19.1 Å². The second-order valence-electron chi connectivity index (χ2n) is 7.96. The van der Waals surface area contributed by atoms with Gasteiger partial charge < -0.3 is 14.8 Å². The van der Waals surface area contributed by atoms with Crippen molar-refractivity contribution in [3.63, 3.8) is 0 Å². The number of esters is 2. The van der Waals surface area contributed by atoms with E-state index in [2.05, 4.69) is 15.6 Å². The monoisotopic (exact) mass is 568 g/mol. The third-order valence-corrected chi connectivity index (χ3v) is 6.85. The molecule has 200 valence electrons. The van der Waals surface area contributed by atoms with Crippen LogP contribution in [0.3, 0.4) is 0 Å². The molecule has 0 saturated heterocycles. The first-order valence-electron chi connectivity index (χ1n) is 11.4. The van der Waals surface area contributed by atoms with Crippen molar-refractivity contribution in [3.8, 4) is 0 Å². The average molecular weight is 569 g/mol. The summed E-state index contributed by atoms with van der Waals surface area (Å²) in [4.78, 5) is 68.5. The second kappa shape index (κ2) is 11.5. The Morgan fingerprint density at radius 2 is 1.79 bits per heavy atom. The molecule has 0 atom stereocenters. The highest BCUT2D eigenvalue weighted by molar-refractivity contribution is 7.17. The molecule has 13 heteroatoms. The lowest BCUT2D eigenvalue weighted by Gasteiger charge is -2.18. The largest absolute Gasteiger partial charge is 0.465 e. The molecule has 0 aliphatic carbocycles.